The summed E-state index contributed by atoms with van der Waals surface area (Å²) in [5.41, 5.74) is 3.61. The second-order valence-electron chi connectivity index (χ2n) is 6.73. The Hall–Kier alpha value is -2.68. The fourth-order valence-electron chi connectivity index (χ4n) is 2.63. The average Bonchev–Trinajstić information content (AvgIpc) is 2.55. The molecule has 0 radical (unpaired) electrons. The highest BCUT2D eigenvalue weighted by Crippen LogP contribution is 2.38. The lowest BCUT2D eigenvalue weighted by Gasteiger charge is -2.27. The van der Waals surface area contributed by atoms with Crippen molar-refractivity contribution in [3.63, 3.8) is 0 Å². The lowest BCUT2D eigenvalue weighted by Crippen LogP contribution is -2.47. The number of halogens is 1. The highest BCUT2D eigenvalue weighted by Gasteiger charge is 2.38. The van der Waals surface area contributed by atoms with E-state index >= 15 is 0 Å². The van der Waals surface area contributed by atoms with Crippen molar-refractivity contribution in [3.8, 4) is 5.75 Å². The van der Waals surface area contributed by atoms with Gasteiger partial charge in [0.25, 0.3) is 5.91 Å². The second-order valence-corrected chi connectivity index (χ2v) is 6.73. The van der Waals surface area contributed by atoms with Gasteiger partial charge in [-0.2, -0.15) is 0 Å². The van der Waals surface area contributed by atoms with Gasteiger partial charge in [0, 0.05) is 25.2 Å². The van der Waals surface area contributed by atoms with Crippen LogP contribution in [0.1, 0.15) is 47.7 Å². The van der Waals surface area contributed by atoms with E-state index in [0.717, 1.165) is 6.07 Å². The largest absolute Gasteiger partial charge is 0.493 e. The van der Waals surface area contributed by atoms with Crippen LogP contribution < -0.4 is 10.5 Å². The zero-order valence-corrected chi connectivity index (χ0v) is 16.0. The molecule has 2 unspecified atom stereocenters. The van der Waals surface area contributed by atoms with Gasteiger partial charge in [-0.15, -0.1) is 0 Å². The first kappa shape index (κ1) is 22.4. The highest BCUT2D eigenvalue weighted by molar-refractivity contribution is 5.99. The van der Waals surface area contributed by atoms with Gasteiger partial charge >= 0.3 is 11.9 Å². The number of nitrogens with zero attached hydrogens (tertiary/aromatic N) is 1. The van der Waals surface area contributed by atoms with E-state index in [2.05, 4.69) is 0 Å². The van der Waals surface area contributed by atoms with E-state index in [1.54, 1.807) is 6.92 Å². The lowest BCUT2D eigenvalue weighted by atomic mass is 9.83. The van der Waals surface area contributed by atoms with E-state index in [4.69, 9.17) is 10.5 Å². The maximum atomic E-state index is 14.5. The minimum atomic E-state index is -1.88. The predicted octanol–water partition coefficient (Wildman–Crippen LogP) is 1.59. The number of benzene rings is 1. The molecule has 0 spiro atoms. The van der Waals surface area contributed by atoms with Crippen molar-refractivity contribution in [1.82, 2.24) is 4.90 Å². The first-order chi connectivity index (χ1) is 12.3. The predicted molar refractivity (Wildman–Crippen MR) is 95.5 cm³/mol. The third-order valence-electron chi connectivity index (χ3n) is 4.20. The summed E-state index contributed by atoms with van der Waals surface area (Å²) in [5, 5.41) is 18.9. The van der Waals surface area contributed by atoms with Crippen molar-refractivity contribution < 1.29 is 33.7 Å². The minimum Gasteiger partial charge on any atom is -0.493 e. The van der Waals surface area contributed by atoms with E-state index < -0.39 is 41.5 Å². The zero-order valence-electron chi connectivity index (χ0n) is 16.0. The Morgan fingerprint density at radius 1 is 1.33 bits per heavy atom. The normalized spacial score (nSPS) is 14.2. The Balaban J connectivity index is 3.75. The van der Waals surface area contributed by atoms with Crippen LogP contribution in [-0.4, -0.2) is 59.2 Å². The molecule has 0 bridgehead atoms. The van der Waals surface area contributed by atoms with Gasteiger partial charge < -0.3 is 25.6 Å². The summed E-state index contributed by atoms with van der Waals surface area (Å²) in [6, 6.07) is 0.962. The van der Waals surface area contributed by atoms with Crippen LogP contribution in [0.5, 0.6) is 5.75 Å². The van der Waals surface area contributed by atoms with Crippen molar-refractivity contribution in [2.24, 2.45) is 5.73 Å². The summed E-state index contributed by atoms with van der Waals surface area (Å²) in [6.45, 7) is 4.28. The average molecular weight is 384 g/mol. The van der Waals surface area contributed by atoms with Crippen LogP contribution in [0.2, 0.25) is 0 Å². The fourth-order valence-corrected chi connectivity index (χ4v) is 2.63. The van der Waals surface area contributed by atoms with Gasteiger partial charge in [-0.05, 0) is 33.3 Å². The summed E-state index contributed by atoms with van der Waals surface area (Å²) in [7, 11) is 2.94. The number of hydrogen-bond acceptors (Lipinski definition) is 5. The molecular formula is C18H25FN2O6. The van der Waals surface area contributed by atoms with Gasteiger partial charge in [0.2, 0.25) is 0 Å². The third-order valence-corrected chi connectivity index (χ3v) is 4.20. The van der Waals surface area contributed by atoms with Crippen LogP contribution in [0.25, 0.3) is 0 Å². The Bertz CT molecular complexity index is 761. The molecule has 150 valence electrons. The third kappa shape index (κ3) is 4.73. The van der Waals surface area contributed by atoms with Gasteiger partial charge in [-0.1, -0.05) is 0 Å². The van der Waals surface area contributed by atoms with Crippen LogP contribution >= 0.6 is 0 Å². The van der Waals surface area contributed by atoms with Crippen molar-refractivity contribution >= 4 is 17.8 Å². The molecule has 1 aromatic carbocycles. The van der Waals surface area contributed by atoms with Gasteiger partial charge in [-0.3, -0.25) is 14.4 Å². The zero-order chi connectivity index (χ0) is 21.1. The number of ether oxygens (including phenoxy) is 1. The Morgan fingerprint density at radius 2 is 1.89 bits per heavy atom. The molecule has 9 heteroatoms. The Morgan fingerprint density at radius 3 is 2.30 bits per heavy atom. The molecule has 0 aliphatic heterocycles. The molecule has 0 saturated heterocycles. The molecule has 0 aromatic heterocycles. The molecule has 0 heterocycles. The van der Waals surface area contributed by atoms with E-state index in [0.29, 0.717) is 0 Å². The maximum absolute atomic E-state index is 14.5. The van der Waals surface area contributed by atoms with Crippen LogP contribution in [0, 0.1) is 12.7 Å². The number of carboxylic acids is 2. The maximum Gasteiger partial charge on any atom is 0.323 e. The van der Waals surface area contributed by atoms with Gasteiger partial charge in [0.05, 0.1) is 18.1 Å². The van der Waals surface area contributed by atoms with Gasteiger partial charge in [-0.25, -0.2) is 4.39 Å². The smallest absolute Gasteiger partial charge is 0.323 e. The van der Waals surface area contributed by atoms with E-state index in [9.17, 15) is 29.0 Å². The second kappa shape index (κ2) is 8.34. The molecular weight excluding hydrogens is 359 g/mol. The summed E-state index contributed by atoms with van der Waals surface area (Å²) in [6.07, 6.45) is -0.518. The molecule has 1 aromatic rings. The number of carbonyl (C=O) groups excluding carboxylic acids is 1. The van der Waals surface area contributed by atoms with Crippen molar-refractivity contribution in [3.05, 3.63) is 28.6 Å². The fraction of sp³-hybridized carbons (Fsp3) is 0.500. The first-order valence-electron chi connectivity index (χ1n) is 8.27. The standard InChI is InChI=1S/C18H25FN2O6/c1-6-27-14-10(11(16(23)24)8-18(3,20)17(25)26)7-12(19)9(2)13(14)15(22)21(4)5/h7,11H,6,8,20H2,1-5H3,(H,23,24)(H,25,26). The lowest BCUT2D eigenvalue weighted by molar-refractivity contribution is -0.144. The topological polar surface area (TPSA) is 130 Å². The van der Waals surface area contributed by atoms with Crippen LogP contribution in [0.15, 0.2) is 6.07 Å². The number of carboxylic acid groups (broad SMARTS) is 2. The number of carbonyl (C=O) groups is 3. The highest BCUT2D eigenvalue weighted by atomic mass is 19.1. The monoisotopic (exact) mass is 384 g/mol. The summed E-state index contributed by atoms with van der Waals surface area (Å²) >= 11 is 0. The Labute approximate surface area is 156 Å². The van der Waals surface area contributed by atoms with Gasteiger partial charge in [0.15, 0.2) is 0 Å². The molecule has 4 N–H and O–H groups in total. The van der Waals surface area contributed by atoms with E-state index in [-0.39, 0.29) is 29.0 Å². The number of rotatable bonds is 8. The summed E-state index contributed by atoms with van der Waals surface area (Å²) < 4.78 is 20.0. The summed E-state index contributed by atoms with van der Waals surface area (Å²) in [4.78, 5) is 36.9. The minimum absolute atomic E-state index is 0.0128. The SMILES string of the molecule is CCOc1c(C(CC(C)(N)C(=O)O)C(=O)O)cc(F)c(C)c1C(=O)N(C)C. The summed E-state index contributed by atoms with van der Waals surface area (Å²) in [5.74, 6) is -5.72. The van der Waals surface area contributed by atoms with Crippen LogP contribution in [0.4, 0.5) is 4.39 Å². The van der Waals surface area contributed by atoms with Crippen LogP contribution in [0.3, 0.4) is 0 Å². The molecule has 1 rings (SSSR count). The molecule has 0 aliphatic carbocycles. The van der Waals surface area contributed by atoms with Crippen LogP contribution in [-0.2, 0) is 9.59 Å². The molecule has 8 nitrogen and oxygen atoms in total. The van der Waals surface area contributed by atoms with E-state index in [1.807, 2.05) is 0 Å². The number of hydrogen-bond donors (Lipinski definition) is 3. The molecule has 27 heavy (non-hydrogen) atoms. The number of aliphatic carboxylic acids is 2. The number of amides is 1. The molecule has 0 saturated carbocycles. The quantitative estimate of drug-likeness (QED) is 0.620. The molecule has 2 atom stereocenters. The van der Waals surface area contributed by atoms with Crippen molar-refractivity contribution in [2.45, 2.75) is 38.6 Å². The number of nitrogens with two attached hydrogens (primary N) is 1. The molecule has 0 aliphatic rings. The van der Waals surface area contributed by atoms with Crippen molar-refractivity contribution in [1.29, 1.82) is 0 Å². The Kier molecular flexibility index (Phi) is 6.91. The van der Waals surface area contributed by atoms with Crippen molar-refractivity contribution in [2.75, 3.05) is 20.7 Å². The first-order valence-corrected chi connectivity index (χ1v) is 8.27. The van der Waals surface area contributed by atoms with E-state index in [1.165, 1.54) is 32.8 Å². The molecule has 0 fully saturated rings. The van der Waals surface area contributed by atoms with Gasteiger partial charge in [0.1, 0.15) is 17.1 Å². The molecule has 1 amide bonds.